The first-order valence-corrected chi connectivity index (χ1v) is 15.5. The largest absolute Gasteiger partial charge is 0.391 e. The zero-order chi connectivity index (χ0) is 30.8. The Hall–Kier alpha value is -3.79. The molecular formula is C34H39FN4O3S. The van der Waals surface area contributed by atoms with Crippen molar-refractivity contribution in [3.8, 4) is 11.1 Å². The van der Waals surface area contributed by atoms with Gasteiger partial charge in [0, 0.05) is 31.6 Å². The fraction of sp³-hybridized carbons (Fsp3) is 0.324. The Morgan fingerprint density at radius 1 is 0.907 bits per heavy atom. The smallest absolute Gasteiger partial charge is 0.279 e. The molecule has 0 aliphatic heterocycles. The molecule has 4 aromatic rings. The Bertz CT molecular complexity index is 1540. The fourth-order valence-electron chi connectivity index (χ4n) is 4.70. The molecule has 0 atom stereocenters. The molecule has 0 radical (unpaired) electrons. The van der Waals surface area contributed by atoms with Gasteiger partial charge in [-0.05, 0) is 54.4 Å². The molecule has 0 spiro atoms. The van der Waals surface area contributed by atoms with Crippen LogP contribution in [-0.4, -0.2) is 56.5 Å². The Morgan fingerprint density at radius 3 is 2.12 bits per heavy atom. The summed E-state index contributed by atoms with van der Waals surface area (Å²) in [6, 6.07) is 22.8. The van der Waals surface area contributed by atoms with Crippen LogP contribution in [0.4, 0.5) is 4.39 Å². The van der Waals surface area contributed by atoms with E-state index in [9.17, 15) is 19.1 Å². The highest BCUT2D eigenvalue weighted by Crippen LogP contribution is 2.23. The van der Waals surface area contributed by atoms with Crippen LogP contribution >= 0.6 is 11.8 Å². The molecule has 7 nitrogen and oxygen atoms in total. The summed E-state index contributed by atoms with van der Waals surface area (Å²) in [5, 5.41) is 10.1. The average Bonchev–Trinajstić information content (AvgIpc) is 3.02. The number of aliphatic hydroxyl groups excluding tert-OH is 1. The van der Waals surface area contributed by atoms with Gasteiger partial charge in [0.2, 0.25) is 5.91 Å². The summed E-state index contributed by atoms with van der Waals surface area (Å²) in [6.45, 7) is 9.25. The first kappa shape index (κ1) is 32.1. The lowest BCUT2D eigenvalue weighted by Crippen LogP contribution is -2.40. The minimum atomic E-state index is -0.528. The summed E-state index contributed by atoms with van der Waals surface area (Å²) < 4.78 is 15.0. The van der Waals surface area contributed by atoms with Crippen LogP contribution in [0, 0.1) is 12.7 Å². The molecule has 0 saturated carbocycles. The summed E-state index contributed by atoms with van der Waals surface area (Å²) in [7, 11) is 0. The number of nitrogens with zero attached hydrogens (tertiary/aromatic N) is 4. The van der Waals surface area contributed by atoms with Crippen molar-refractivity contribution in [1.82, 2.24) is 19.4 Å². The number of rotatable bonds is 14. The number of carbonyl (C=O) groups excluding carboxylic acids is 1. The number of amides is 1. The van der Waals surface area contributed by atoms with E-state index in [1.807, 2.05) is 4.90 Å². The number of likely N-dealkylation sites (N-methyl/N-ethyl adjacent to an activating group) is 1. The second-order valence-corrected chi connectivity index (χ2v) is 11.4. The van der Waals surface area contributed by atoms with E-state index in [4.69, 9.17) is 0 Å². The molecular weight excluding hydrogens is 563 g/mol. The van der Waals surface area contributed by atoms with Crippen LogP contribution in [0.2, 0.25) is 0 Å². The SMILES string of the molecule is CCN(CC)CCN(Cc1ccc(-c2ccc(C)cc2)cc1)C(=O)Cn1cc(CO)c(=O)nc1SCc1ccc(F)cc1. The number of aromatic nitrogens is 2. The van der Waals surface area contributed by atoms with E-state index in [-0.39, 0.29) is 23.8 Å². The van der Waals surface area contributed by atoms with E-state index in [1.54, 1.807) is 16.7 Å². The second kappa shape index (κ2) is 15.6. The van der Waals surface area contributed by atoms with Crippen LogP contribution in [0.25, 0.3) is 11.1 Å². The number of carbonyl (C=O) groups is 1. The summed E-state index contributed by atoms with van der Waals surface area (Å²) in [6.07, 6.45) is 1.51. The molecule has 0 saturated heterocycles. The number of benzene rings is 3. The van der Waals surface area contributed by atoms with Crippen molar-refractivity contribution in [2.75, 3.05) is 26.2 Å². The van der Waals surface area contributed by atoms with Crippen molar-refractivity contribution in [3.63, 3.8) is 0 Å². The highest BCUT2D eigenvalue weighted by Gasteiger charge is 2.19. The summed E-state index contributed by atoms with van der Waals surface area (Å²) in [5.74, 6) is 0.00211. The topological polar surface area (TPSA) is 78.7 Å². The van der Waals surface area contributed by atoms with Gasteiger partial charge in [0.15, 0.2) is 5.16 Å². The normalized spacial score (nSPS) is 11.2. The lowest BCUT2D eigenvalue weighted by Gasteiger charge is -2.27. The van der Waals surface area contributed by atoms with Gasteiger partial charge in [-0.2, -0.15) is 4.98 Å². The molecule has 0 unspecified atom stereocenters. The van der Waals surface area contributed by atoms with E-state index >= 15 is 0 Å². The quantitative estimate of drug-likeness (QED) is 0.151. The zero-order valence-electron chi connectivity index (χ0n) is 25.0. The van der Waals surface area contributed by atoms with Gasteiger partial charge in [0.1, 0.15) is 12.4 Å². The van der Waals surface area contributed by atoms with Crippen LogP contribution in [0.3, 0.4) is 0 Å². The summed E-state index contributed by atoms with van der Waals surface area (Å²) >= 11 is 1.29. The monoisotopic (exact) mass is 602 g/mol. The zero-order valence-corrected chi connectivity index (χ0v) is 25.8. The van der Waals surface area contributed by atoms with Crippen LogP contribution in [-0.2, 0) is 30.2 Å². The third-order valence-electron chi connectivity index (χ3n) is 7.43. The minimum absolute atomic E-state index is 0.0360. The lowest BCUT2D eigenvalue weighted by molar-refractivity contribution is -0.132. The standard InChI is InChI=1S/C34H39FN4O3S/c1-4-37(5-2)18-19-38(20-26-8-14-29(15-9-26)28-12-6-25(3)7-13-28)32(41)22-39-21-30(23-40)33(42)36-34(39)43-24-27-10-16-31(35)17-11-27/h6-17,21,40H,4-5,18-20,22-24H2,1-3H3. The Labute approximate surface area is 257 Å². The fourth-order valence-corrected chi connectivity index (χ4v) is 5.61. The molecule has 3 aromatic carbocycles. The molecule has 0 fully saturated rings. The van der Waals surface area contributed by atoms with Crippen LogP contribution in [0.5, 0.6) is 0 Å². The van der Waals surface area contributed by atoms with E-state index in [1.165, 1.54) is 35.7 Å². The highest BCUT2D eigenvalue weighted by molar-refractivity contribution is 7.98. The summed E-state index contributed by atoms with van der Waals surface area (Å²) in [4.78, 5) is 34.6. The number of hydrogen-bond acceptors (Lipinski definition) is 6. The molecule has 9 heteroatoms. The van der Waals surface area contributed by atoms with Gasteiger partial charge in [-0.3, -0.25) is 9.59 Å². The van der Waals surface area contributed by atoms with E-state index in [2.05, 4.69) is 79.2 Å². The number of hydrogen-bond donors (Lipinski definition) is 1. The van der Waals surface area contributed by atoms with E-state index in [0.717, 1.165) is 41.9 Å². The summed E-state index contributed by atoms with van der Waals surface area (Å²) in [5.41, 5.74) is 4.94. The van der Waals surface area contributed by atoms with Gasteiger partial charge in [0.25, 0.3) is 5.56 Å². The number of thioether (sulfide) groups is 1. The van der Waals surface area contributed by atoms with Gasteiger partial charge < -0.3 is 19.5 Å². The molecule has 0 aliphatic carbocycles. The predicted molar refractivity (Wildman–Crippen MR) is 170 cm³/mol. The molecule has 1 heterocycles. The molecule has 226 valence electrons. The van der Waals surface area contributed by atoms with Gasteiger partial charge >= 0.3 is 0 Å². The van der Waals surface area contributed by atoms with Crippen molar-refractivity contribution >= 4 is 17.7 Å². The number of aryl methyl sites for hydroxylation is 1. The molecule has 0 aliphatic rings. The van der Waals surface area contributed by atoms with Gasteiger partial charge in [-0.1, -0.05) is 91.8 Å². The number of halogens is 1. The molecule has 43 heavy (non-hydrogen) atoms. The van der Waals surface area contributed by atoms with Crippen molar-refractivity contribution in [2.24, 2.45) is 0 Å². The lowest BCUT2D eigenvalue weighted by atomic mass is 10.0. The maximum atomic E-state index is 13.8. The Kier molecular flexibility index (Phi) is 11.7. The second-order valence-electron chi connectivity index (χ2n) is 10.5. The van der Waals surface area contributed by atoms with E-state index in [0.29, 0.717) is 24.0 Å². The molecule has 1 aromatic heterocycles. The van der Waals surface area contributed by atoms with Crippen molar-refractivity contribution in [2.45, 2.75) is 51.4 Å². The van der Waals surface area contributed by atoms with Crippen molar-refractivity contribution in [1.29, 1.82) is 0 Å². The van der Waals surface area contributed by atoms with Gasteiger partial charge in [-0.25, -0.2) is 4.39 Å². The van der Waals surface area contributed by atoms with Crippen molar-refractivity contribution < 1.29 is 14.3 Å². The predicted octanol–water partition coefficient (Wildman–Crippen LogP) is 5.51. The third kappa shape index (κ3) is 9.10. The van der Waals surface area contributed by atoms with Crippen molar-refractivity contribution in [3.05, 3.63) is 117 Å². The van der Waals surface area contributed by atoms with Crippen LogP contribution in [0.15, 0.2) is 88.9 Å². The first-order valence-electron chi connectivity index (χ1n) is 14.5. The molecule has 1 N–H and O–H groups in total. The first-order chi connectivity index (χ1) is 20.8. The highest BCUT2D eigenvalue weighted by atomic mass is 32.2. The number of aliphatic hydroxyl groups is 1. The van der Waals surface area contributed by atoms with Gasteiger partial charge in [0.05, 0.1) is 12.2 Å². The Balaban J connectivity index is 1.55. The van der Waals surface area contributed by atoms with Crippen LogP contribution < -0.4 is 5.56 Å². The molecule has 4 rings (SSSR count). The third-order valence-corrected chi connectivity index (χ3v) is 8.49. The average molecular weight is 603 g/mol. The van der Waals surface area contributed by atoms with Crippen LogP contribution in [0.1, 0.15) is 36.1 Å². The maximum Gasteiger partial charge on any atom is 0.279 e. The minimum Gasteiger partial charge on any atom is -0.391 e. The van der Waals surface area contributed by atoms with E-state index < -0.39 is 12.2 Å². The van der Waals surface area contributed by atoms with Gasteiger partial charge in [-0.15, -0.1) is 0 Å². The maximum absolute atomic E-state index is 13.8. The molecule has 1 amide bonds. The Morgan fingerprint density at radius 2 is 1.51 bits per heavy atom. The molecule has 0 bridgehead atoms.